The van der Waals surface area contributed by atoms with Crippen molar-refractivity contribution in [2.24, 2.45) is 0 Å². The Morgan fingerprint density at radius 1 is 1.61 bits per heavy atom. The molecule has 0 aliphatic heterocycles. The van der Waals surface area contributed by atoms with E-state index in [0.29, 0.717) is 25.1 Å². The van der Waals surface area contributed by atoms with E-state index in [2.05, 4.69) is 17.1 Å². The molecule has 2 N–H and O–H groups in total. The first-order valence-corrected chi connectivity index (χ1v) is 6.59. The number of rotatable bonds is 9. The molecule has 5 nitrogen and oxygen atoms in total. The third-order valence-electron chi connectivity index (χ3n) is 3.70. The topological polar surface area (TPSA) is 61.8 Å². The van der Waals surface area contributed by atoms with Crippen molar-refractivity contribution in [1.29, 1.82) is 0 Å². The van der Waals surface area contributed by atoms with Crippen molar-refractivity contribution >= 4 is 5.97 Å². The lowest BCUT2D eigenvalue weighted by molar-refractivity contribution is -0.144. The maximum Gasteiger partial charge on any atom is 0.323 e. The van der Waals surface area contributed by atoms with Gasteiger partial charge in [-0.05, 0) is 40.2 Å². The zero-order valence-corrected chi connectivity index (χ0v) is 11.9. The van der Waals surface area contributed by atoms with Gasteiger partial charge in [0.2, 0.25) is 0 Å². The van der Waals surface area contributed by atoms with E-state index >= 15 is 0 Å². The molecule has 0 aromatic rings. The number of nitrogens with one attached hydrogen (secondary N) is 1. The summed E-state index contributed by atoms with van der Waals surface area (Å²) < 4.78 is 5.11. The Balaban J connectivity index is 2.43. The molecular formula is C13H26N2O3. The lowest BCUT2D eigenvalue weighted by atomic mass is 9.97. The minimum Gasteiger partial charge on any atom is -0.480 e. The maximum atomic E-state index is 11.4. The lowest BCUT2D eigenvalue weighted by Crippen LogP contribution is -2.52. The SMILES string of the molecule is COCC(C)N(C)CCC(C)(NC1CC1)C(=O)O. The van der Waals surface area contributed by atoms with Gasteiger partial charge in [-0.25, -0.2) is 0 Å². The Bertz CT molecular complexity index is 281. The first kappa shape index (κ1) is 15.4. The van der Waals surface area contributed by atoms with Gasteiger partial charge in [-0.2, -0.15) is 0 Å². The molecule has 0 radical (unpaired) electrons. The summed E-state index contributed by atoms with van der Waals surface area (Å²) in [6.45, 7) is 5.27. The summed E-state index contributed by atoms with van der Waals surface area (Å²) in [5, 5.41) is 12.6. The van der Waals surface area contributed by atoms with Gasteiger partial charge in [-0.1, -0.05) is 0 Å². The van der Waals surface area contributed by atoms with Gasteiger partial charge in [0.15, 0.2) is 0 Å². The van der Waals surface area contributed by atoms with Crippen LogP contribution in [-0.4, -0.2) is 60.9 Å². The number of nitrogens with zero attached hydrogens (tertiary/aromatic N) is 1. The second kappa shape index (κ2) is 6.50. The highest BCUT2D eigenvalue weighted by Crippen LogP contribution is 2.24. The van der Waals surface area contributed by atoms with Crippen molar-refractivity contribution in [3.63, 3.8) is 0 Å². The van der Waals surface area contributed by atoms with Gasteiger partial charge >= 0.3 is 5.97 Å². The largest absolute Gasteiger partial charge is 0.480 e. The van der Waals surface area contributed by atoms with E-state index in [1.807, 2.05) is 7.05 Å². The van der Waals surface area contributed by atoms with Crippen molar-refractivity contribution in [2.75, 3.05) is 27.3 Å². The molecule has 2 unspecified atom stereocenters. The van der Waals surface area contributed by atoms with Crippen LogP contribution in [0.15, 0.2) is 0 Å². The molecule has 0 bridgehead atoms. The number of likely N-dealkylation sites (N-methyl/N-ethyl adjacent to an activating group) is 1. The second-order valence-electron chi connectivity index (χ2n) is 5.59. The molecule has 1 aliphatic carbocycles. The fourth-order valence-corrected chi connectivity index (χ4v) is 1.91. The first-order valence-electron chi connectivity index (χ1n) is 6.59. The fourth-order valence-electron chi connectivity index (χ4n) is 1.91. The standard InChI is InChI=1S/C13H26N2O3/c1-10(9-18-4)15(3)8-7-13(2,12(16)17)14-11-5-6-11/h10-11,14H,5-9H2,1-4H3,(H,16,17). The van der Waals surface area contributed by atoms with Gasteiger partial charge in [0.1, 0.15) is 5.54 Å². The molecule has 0 aromatic heterocycles. The molecule has 2 atom stereocenters. The normalized spacial score (nSPS) is 20.7. The van der Waals surface area contributed by atoms with Crippen LogP contribution in [0.4, 0.5) is 0 Å². The lowest BCUT2D eigenvalue weighted by Gasteiger charge is -2.31. The average Bonchev–Trinajstić information content (AvgIpc) is 3.09. The van der Waals surface area contributed by atoms with E-state index in [9.17, 15) is 9.90 Å². The molecular weight excluding hydrogens is 232 g/mol. The number of hydrogen-bond donors (Lipinski definition) is 2. The number of aliphatic carboxylic acids is 1. The number of hydrogen-bond acceptors (Lipinski definition) is 4. The molecule has 1 saturated carbocycles. The van der Waals surface area contributed by atoms with Gasteiger partial charge < -0.3 is 14.7 Å². The van der Waals surface area contributed by atoms with Crippen LogP contribution in [0.1, 0.15) is 33.1 Å². The van der Waals surface area contributed by atoms with Crippen LogP contribution in [0, 0.1) is 0 Å². The summed E-state index contributed by atoms with van der Waals surface area (Å²) in [6, 6.07) is 0.696. The molecule has 1 aliphatic rings. The summed E-state index contributed by atoms with van der Waals surface area (Å²) in [5.74, 6) is -0.762. The average molecular weight is 258 g/mol. The smallest absolute Gasteiger partial charge is 0.323 e. The van der Waals surface area contributed by atoms with E-state index in [-0.39, 0.29) is 0 Å². The molecule has 0 aromatic carbocycles. The Kier molecular flexibility index (Phi) is 5.56. The van der Waals surface area contributed by atoms with Crippen LogP contribution >= 0.6 is 0 Å². The van der Waals surface area contributed by atoms with Crippen LogP contribution < -0.4 is 5.32 Å². The Morgan fingerprint density at radius 3 is 2.67 bits per heavy atom. The maximum absolute atomic E-state index is 11.4. The highest BCUT2D eigenvalue weighted by atomic mass is 16.5. The number of ether oxygens (including phenoxy) is 1. The second-order valence-corrected chi connectivity index (χ2v) is 5.59. The van der Waals surface area contributed by atoms with Crippen molar-refractivity contribution in [2.45, 2.75) is 50.7 Å². The quantitative estimate of drug-likeness (QED) is 0.644. The highest BCUT2D eigenvalue weighted by Gasteiger charge is 2.38. The summed E-state index contributed by atoms with van der Waals surface area (Å²) in [6.07, 6.45) is 2.79. The van der Waals surface area contributed by atoms with E-state index in [1.165, 1.54) is 0 Å². The predicted octanol–water partition coefficient (Wildman–Crippen LogP) is 0.939. The van der Waals surface area contributed by atoms with Gasteiger partial charge in [-0.3, -0.25) is 10.1 Å². The zero-order chi connectivity index (χ0) is 13.8. The van der Waals surface area contributed by atoms with Crippen molar-refractivity contribution in [1.82, 2.24) is 10.2 Å². The summed E-state index contributed by atoms with van der Waals surface area (Å²) >= 11 is 0. The summed E-state index contributed by atoms with van der Waals surface area (Å²) in [7, 11) is 3.68. The third kappa shape index (κ3) is 4.55. The minimum absolute atomic E-state index is 0.300. The Labute approximate surface area is 109 Å². The van der Waals surface area contributed by atoms with Crippen LogP contribution in [0.2, 0.25) is 0 Å². The summed E-state index contributed by atoms with van der Waals surface area (Å²) in [4.78, 5) is 13.5. The van der Waals surface area contributed by atoms with Gasteiger partial charge in [-0.15, -0.1) is 0 Å². The number of carboxylic acid groups (broad SMARTS) is 1. The van der Waals surface area contributed by atoms with Crippen LogP contribution in [0.25, 0.3) is 0 Å². The van der Waals surface area contributed by atoms with Gasteiger partial charge in [0.25, 0.3) is 0 Å². The van der Waals surface area contributed by atoms with Crippen LogP contribution in [-0.2, 0) is 9.53 Å². The summed E-state index contributed by atoms with van der Waals surface area (Å²) in [5.41, 5.74) is -0.817. The Morgan fingerprint density at radius 2 is 2.22 bits per heavy atom. The van der Waals surface area contributed by atoms with E-state index < -0.39 is 11.5 Å². The van der Waals surface area contributed by atoms with E-state index in [4.69, 9.17) is 4.74 Å². The molecule has 106 valence electrons. The number of carboxylic acids is 1. The van der Waals surface area contributed by atoms with Crippen LogP contribution in [0.5, 0.6) is 0 Å². The van der Waals surface area contributed by atoms with Crippen molar-refractivity contribution < 1.29 is 14.6 Å². The van der Waals surface area contributed by atoms with Gasteiger partial charge in [0.05, 0.1) is 6.61 Å². The molecule has 18 heavy (non-hydrogen) atoms. The van der Waals surface area contributed by atoms with E-state index in [0.717, 1.165) is 19.4 Å². The minimum atomic E-state index is -0.817. The Hall–Kier alpha value is -0.650. The van der Waals surface area contributed by atoms with Gasteiger partial charge in [0, 0.05) is 25.7 Å². The van der Waals surface area contributed by atoms with Crippen molar-refractivity contribution in [3.05, 3.63) is 0 Å². The predicted molar refractivity (Wildman–Crippen MR) is 70.8 cm³/mol. The zero-order valence-electron chi connectivity index (χ0n) is 11.9. The molecule has 0 amide bonds. The third-order valence-corrected chi connectivity index (χ3v) is 3.70. The first-order chi connectivity index (χ1) is 8.39. The molecule has 0 saturated heterocycles. The number of carbonyl (C=O) groups is 1. The highest BCUT2D eigenvalue weighted by molar-refractivity contribution is 5.78. The molecule has 5 heteroatoms. The molecule has 0 heterocycles. The van der Waals surface area contributed by atoms with E-state index in [1.54, 1.807) is 14.0 Å². The monoisotopic (exact) mass is 258 g/mol. The molecule has 1 fully saturated rings. The van der Waals surface area contributed by atoms with Crippen molar-refractivity contribution in [3.8, 4) is 0 Å². The van der Waals surface area contributed by atoms with Crippen LogP contribution in [0.3, 0.4) is 0 Å². The molecule has 0 spiro atoms. The fraction of sp³-hybridized carbons (Fsp3) is 0.923. The molecule has 1 rings (SSSR count). The number of methoxy groups -OCH3 is 1.